The van der Waals surface area contributed by atoms with Gasteiger partial charge in [0.2, 0.25) is 0 Å². The number of hydrogen-bond donors (Lipinski definition) is 2. The van der Waals surface area contributed by atoms with Crippen LogP contribution in [0.2, 0.25) is 0 Å². The number of benzene rings is 1. The molecule has 0 spiro atoms. The van der Waals surface area contributed by atoms with Crippen LogP contribution in [-0.4, -0.2) is 37.6 Å². The molecule has 2 N–H and O–H groups in total. The van der Waals surface area contributed by atoms with Crippen LogP contribution in [0, 0.1) is 26.7 Å². The molecule has 0 aliphatic carbocycles. The van der Waals surface area contributed by atoms with E-state index in [2.05, 4.69) is 21.9 Å². The summed E-state index contributed by atoms with van der Waals surface area (Å²) < 4.78 is 34.5. The summed E-state index contributed by atoms with van der Waals surface area (Å²) in [5, 5.41) is 4.41. The number of ether oxygens (including phenoxy) is 1. The van der Waals surface area contributed by atoms with Gasteiger partial charge in [-0.1, -0.05) is 23.5 Å². The van der Waals surface area contributed by atoms with E-state index in [1.54, 1.807) is 36.6 Å². The highest BCUT2D eigenvalue weighted by Crippen LogP contribution is 2.36. The third kappa shape index (κ3) is 5.37. The SMILES string of the molecule is Cc1ccncc1NS(=O)(=O)c1cc(-c2sc(NC(C)C3CCOCC3)nc2C)ccc1C. The predicted octanol–water partition coefficient (Wildman–Crippen LogP) is 5.16. The van der Waals surface area contributed by atoms with Crippen LogP contribution in [0.15, 0.2) is 41.6 Å². The van der Waals surface area contributed by atoms with Gasteiger partial charge in [0.05, 0.1) is 27.4 Å². The van der Waals surface area contributed by atoms with E-state index in [1.807, 2.05) is 26.0 Å². The lowest BCUT2D eigenvalue weighted by atomic mass is 9.93. The molecule has 0 bridgehead atoms. The minimum absolute atomic E-state index is 0.251. The molecule has 1 aromatic carbocycles. The molecule has 33 heavy (non-hydrogen) atoms. The molecule has 4 rings (SSSR count). The van der Waals surface area contributed by atoms with Crippen molar-refractivity contribution in [2.24, 2.45) is 5.92 Å². The van der Waals surface area contributed by atoms with Gasteiger partial charge in [-0.3, -0.25) is 9.71 Å². The van der Waals surface area contributed by atoms with Gasteiger partial charge in [0.15, 0.2) is 5.13 Å². The Balaban J connectivity index is 1.59. The maximum atomic E-state index is 13.2. The van der Waals surface area contributed by atoms with Crippen molar-refractivity contribution in [3.8, 4) is 10.4 Å². The van der Waals surface area contributed by atoms with Gasteiger partial charge in [0.1, 0.15) is 0 Å². The van der Waals surface area contributed by atoms with Crippen molar-refractivity contribution in [2.75, 3.05) is 23.3 Å². The lowest BCUT2D eigenvalue weighted by molar-refractivity contribution is 0.0622. The zero-order valence-corrected chi connectivity index (χ0v) is 21.0. The third-order valence-corrected chi connectivity index (χ3v) is 8.79. The van der Waals surface area contributed by atoms with Crippen molar-refractivity contribution in [2.45, 2.75) is 51.5 Å². The molecule has 2 aromatic heterocycles. The Hall–Kier alpha value is -2.49. The number of rotatable bonds is 7. The van der Waals surface area contributed by atoms with E-state index < -0.39 is 10.0 Å². The molecular formula is C24H30N4O3S2. The highest BCUT2D eigenvalue weighted by molar-refractivity contribution is 7.92. The van der Waals surface area contributed by atoms with E-state index in [0.717, 1.165) is 52.9 Å². The van der Waals surface area contributed by atoms with Gasteiger partial charge in [-0.05, 0) is 75.3 Å². The number of aryl methyl sites for hydroxylation is 3. The average Bonchev–Trinajstić information content (AvgIpc) is 3.16. The molecule has 9 heteroatoms. The minimum Gasteiger partial charge on any atom is -0.381 e. The molecular weight excluding hydrogens is 456 g/mol. The van der Waals surface area contributed by atoms with E-state index in [4.69, 9.17) is 9.72 Å². The second-order valence-electron chi connectivity index (χ2n) is 8.59. The maximum Gasteiger partial charge on any atom is 0.262 e. The van der Waals surface area contributed by atoms with Crippen LogP contribution >= 0.6 is 11.3 Å². The molecule has 176 valence electrons. The highest BCUT2D eigenvalue weighted by atomic mass is 32.2. The Morgan fingerprint density at radius 1 is 1.12 bits per heavy atom. The minimum atomic E-state index is -3.77. The Labute approximate surface area is 199 Å². The van der Waals surface area contributed by atoms with E-state index in [1.165, 1.54) is 6.20 Å². The molecule has 1 atom stereocenters. The quantitative estimate of drug-likeness (QED) is 0.479. The first-order valence-corrected chi connectivity index (χ1v) is 13.4. The lowest BCUT2D eigenvalue weighted by Gasteiger charge is -2.28. The molecule has 3 aromatic rings. The molecule has 1 unspecified atom stereocenters. The van der Waals surface area contributed by atoms with Gasteiger partial charge in [-0.25, -0.2) is 13.4 Å². The molecule has 1 fully saturated rings. The van der Waals surface area contributed by atoms with Gasteiger partial charge < -0.3 is 10.1 Å². The number of sulfonamides is 1. The third-order valence-electron chi connectivity index (χ3n) is 6.14. The first kappa shape index (κ1) is 23.7. The first-order chi connectivity index (χ1) is 15.7. The summed E-state index contributed by atoms with van der Waals surface area (Å²) >= 11 is 1.56. The van der Waals surface area contributed by atoms with Gasteiger partial charge >= 0.3 is 0 Å². The van der Waals surface area contributed by atoms with E-state index >= 15 is 0 Å². The fourth-order valence-corrected chi connectivity index (χ4v) is 6.50. The molecule has 1 aliphatic rings. The Bertz CT molecular complexity index is 1230. The average molecular weight is 487 g/mol. The lowest BCUT2D eigenvalue weighted by Crippen LogP contribution is -2.30. The van der Waals surface area contributed by atoms with Crippen molar-refractivity contribution in [1.29, 1.82) is 0 Å². The first-order valence-electron chi connectivity index (χ1n) is 11.1. The van der Waals surface area contributed by atoms with Crippen molar-refractivity contribution < 1.29 is 13.2 Å². The van der Waals surface area contributed by atoms with Crippen LogP contribution in [0.1, 0.15) is 36.6 Å². The monoisotopic (exact) mass is 486 g/mol. The van der Waals surface area contributed by atoms with Gasteiger partial charge in [-0.15, -0.1) is 0 Å². The standard InChI is InChI=1S/C24H30N4O3S2/c1-15-7-10-25-14-21(15)28-33(29,30)22-13-20(6-5-16(22)2)23-18(4)27-24(32-23)26-17(3)19-8-11-31-12-9-19/h5-7,10,13-14,17,19,28H,8-9,11-12H2,1-4H3,(H,26,27). The molecule has 7 nitrogen and oxygen atoms in total. The summed E-state index contributed by atoms with van der Waals surface area (Å²) in [7, 11) is -3.77. The molecule has 0 radical (unpaired) electrons. The highest BCUT2D eigenvalue weighted by Gasteiger charge is 2.23. The molecule has 1 aliphatic heterocycles. The van der Waals surface area contributed by atoms with E-state index in [0.29, 0.717) is 23.2 Å². The van der Waals surface area contributed by atoms with Crippen LogP contribution < -0.4 is 10.0 Å². The summed E-state index contributed by atoms with van der Waals surface area (Å²) in [6.45, 7) is 9.42. The maximum absolute atomic E-state index is 13.2. The Morgan fingerprint density at radius 2 is 1.88 bits per heavy atom. The number of hydrogen-bond acceptors (Lipinski definition) is 7. The van der Waals surface area contributed by atoms with Crippen LogP contribution in [0.4, 0.5) is 10.8 Å². The molecule has 0 saturated carbocycles. The normalized spacial score (nSPS) is 15.9. The summed E-state index contributed by atoms with van der Waals surface area (Å²) in [5.41, 5.74) is 3.69. The molecule has 1 saturated heterocycles. The van der Waals surface area contributed by atoms with Crippen LogP contribution in [-0.2, 0) is 14.8 Å². The van der Waals surface area contributed by atoms with E-state index in [9.17, 15) is 8.42 Å². The predicted molar refractivity (Wildman–Crippen MR) is 133 cm³/mol. The second-order valence-corrected chi connectivity index (χ2v) is 11.2. The summed E-state index contributed by atoms with van der Waals surface area (Å²) in [4.78, 5) is 9.97. The summed E-state index contributed by atoms with van der Waals surface area (Å²) in [5.74, 6) is 0.560. The van der Waals surface area contributed by atoms with Crippen molar-refractivity contribution >= 4 is 32.2 Å². The Kier molecular flexibility index (Phi) is 7.02. The molecule has 0 amide bonds. The van der Waals surface area contributed by atoms with Gasteiger partial charge in [0.25, 0.3) is 10.0 Å². The van der Waals surface area contributed by atoms with Crippen LogP contribution in [0.5, 0.6) is 0 Å². The largest absolute Gasteiger partial charge is 0.381 e. The number of anilines is 2. The zero-order chi connectivity index (χ0) is 23.6. The van der Waals surface area contributed by atoms with Gasteiger partial charge in [-0.2, -0.15) is 0 Å². The second kappa shape index (κ2) is 9.79. The van der Waals surface area contributed by atoms with Crippen molar-refractivity contribution in [1.82, 2.24) is 9.97 Å². The topological polar surface area (TPSA) is 93.2 Å². The number of aromatic nitrogens is 2. The number of pyridine rings is 1. The Morgan fingerprint density at radius 3 is 2.61 bits per heavy atom. The van der Waals surface area contributed by atoms with Crippen molar-refractivity contribution in [3.63, 3.8) is 0 Å². The molecule has 3 heterocycles. The zero-order valence-electron chi connectivity index (χ0n) is 19.4. The van der Waals surface area contributed by atoms with Crippen molar-refractivity contribution in [3.05, 3.63) is 53.5 Å². The summed E-state index contributed by atoms with van der Waals surface area (Å²) in [6.07, 6.45) is 5.26. The fourth-order valence-electron chi connectivity index (χ4n) is 4.06. The summed E-state index contributed by atoms with van der Waals surface area (Å²) in [6, 6.07) is 7.60. The fraction of sp³-hybridized carbons (Fsp3) is 0.417. The van der Waals surface area contributed by atoms with E-state index in [-0.39, 0.29) is 4.90 Å². The smallest absolute Gasteiger partial charge is 0.262 e. The number of nitrogens with one attached hydrogen (secondary N) is 2. The van der Waals surface area contributed by atoms with Crippen LogP contribution in [0.25, 0.3) is 10.4 Å². The number of thiazole rings is 1. The number of nitrogens with zero attached hydrogens (tertiary/aromatic N) is 2. The van der Waals surface area contributed by atoms with Gasteiger partial charge in [0, 0.05) is 25.5 Å². The van der Waals surface area contributed by atoms with Crippen LogP contribution in [0.3, 0.4) is 0 Å².